The lowest BCUT2D eigenvalue weighted by Gasteiger charge is -2.05. The lowest BCUT2D eigenvalue weighted by atomic mass is 10.2. The van der Waals surface area contributed by atoms with E-state index < -0.39 is 5.82 Å². The minimum Gasteiger partial charge on any atom is -0.440 e. The van der Waals surface area contributed by atoms with Gasteiger partial charge in [0.25, 0.3) is 0 Å². The topological polar surface area (TPSA) is 55.1 Å². The molecule has 4 nitrogen and oxygen atoms in total. The van der Waals surface area contributed by atoms with Crippen molar-refractivity contribution in [3.05, 3.63) is 70.8 Å². The Morgan fingerprint density at radius 3 is 2.71 bits per heavy atom. The Morgan fingerprint density at radius 2 is 2.00 bits per heavy atom. The average molecular weight is 345 g/mol. The summed E-state index contributed by atoms with van der Waals surface area (Å²) in [6.45, 7) is 1.79. The first-order valence-corrected chi connectivity index (χ1v) is 7.67. The number of rotatable bonds is 4. The number of oxazole rings is 1. The Bertz CT molecular complexity index is 878. The normalized spacial score (nSPS) is 10.6. The molecule has 0 saturated carbocycles. The molecule has 0 bridgehead atoms. The SMILES string of the molecule is Cc1nc(-c2ccccc2)oc1CC(=O)Nc1ccc(F)c(Cl)c1. The quantitative estimate of drug-likeness (QED) is 0.751. The predicted molar refractivity (Wildman–Crippen MR) is 90.4 cm³/mol. The van der Waals surface area contributed by atoms with Gasteiger partial charge in [0.05, 0.1) is 17.1 Å². The highest BCUT2D eigenvalue weighted by Gasteiger charge is 2.15. The summed E-state index contributed by atoms with van der Waals surface area (Å²) in [4.78, 5) is 16.5. The molecule has 122 valence electrons. The molecule has 2 aromatic carbocycles. The van der Waals surface area contributed by atoms with Crippen LogP contribution in [0.25, 0.3) is 11.5 Å². The van der Waals surface area contributed by atoms with Gasteiger partial charge in [0.15, 0.2) is 0 Å². The standard InChI is InChI=1S/C18H14ClFN2O2/c1-11-16(24-18(21-11)12-5-3-2-4-6-12)10-17(23)22-13-7-8-15(20)14(19)9-13/h2-9H,10H2,1H3,(H,22,23). The maximum atomic E-state index is 13.1. The molecule has 1 heterocycles. The van der Waals surface area contributed by atoms with Crippen LogP contribution in [0.5, 0.6) is 0 Å². The highest BCUT2D eigenvalue weighted by atomic mass is 35.5. The fourth-order valence-electron chi connectivity index (χ4n) is 2.22. The fourth-order valence-corrected chi connectivity index (χ4v) is 2.40. The Labute approximate surface area is 143 Å². The zero-order valence-electron chi connectivity index (χ0n) is 12.8. The van der Waals surface area contributed by atoms with E-state index in [9.17, 15) is 9.18 Å². The molecule has 1 amide bonds. The van der Waals surface area contributed by atoms with Gasteiger partial charge in [-0.3, -0.25) is 4.79 Å². The molecule has 0 unspecified atom stereocenters. The third kappa shape index (κ3) is 3.63. The first-order chi connectivity index (χ1) is 11.5. The molecule has 0 aliphatic heterocycles. The molecule has 6 heteroatoms. The molecule has 3 rings (SSSR count). The third-order valence-electron chi connectivity index (χ3n) is 3.44. The van der Waals surface area contributed by atoms with Crippen LogP contribution in [0.3, 0.4) is 0 Å². The summed E-state index contributed by atoms with van der Waals surface area (Å²) >= 11 is 5.70. The van der Waals surface area contributed by atoms with Crippen molar-refractivity contribution in [2.24, 2.45) is 0 Å². The van der Waals surface area contributed by atoms with Crippen LogP contribution in [-0.2, 0) is 11.2 Å². The van der Waals surface area contributed by atoms with Crippen LogP contribution in [0.15, 0.2) is 52.9 Å². The molecular formula is C18H14ClFN2O2. The van der Waals surface area contributed by atoms with Crippen LogP contribution in [0.1, 0.15) is 11.5 Å². The van der Waals surface area contributed by atoms with Crippen LogP contribution in [0.2, 0.25) is 5.02 Å². The number of hydrogen-bond acceptors (Lipinski definition) is 3. The monoisotopic (exact) mass is 344 g/mol. The van der Waals surface area contributed by atoms with Crippen molar-refractivity contribution in [3.8, 4) is 11.5 Å². The average Bonchev–Trinajstić information content (AvgIpc) is 2.93. The van der Waals surface area contributed by atoms with Gasteiger partial charge >= 0.3 is 0 Å². The van der Waals surface area contributed by atoms with Gasteiger partial charge < -0.3 is 9.73 Å². The van der Waals surface area contributed by atoms with Crippen molar-refractivity contribution in [3.63, 3.8) is 0 Å². The molecule has 0 spiro atoms. The first kappa shape index (κ1) is 16.2. The van der Waals surface area contributed by atoms with E-state index in [1.54, 1.807) is 6.92 Å². The summed E-state index contributed by atoms with van der Waals surface area (Å²) in [7, 11) is 0. The molecule has 0 fully saturated rings. The maximum Gasteiger partial charge on any atom is 0.232 e. The summed E-state index contributed by atoms with van der Waals surface area (Å²) in [6.07, 6.45) is 0.0284. The minimum absolute atomic E-state index is 0.0284. The van der Waals surface area contributed by atoms with Crippen molar-refractivity contribution >= 4 is 23.2 Å². The highest BCUT2D eigenvalue weighted by molar-refractivity contribution is 6.31. The van der Waals surface area contributed by atoms with Crippen molar-refractivity contribution in [1.29, 1.82) is 0 Å². The van der Waals surface area contributed by atoms with E-state index in [1.165, 1.54) is 18.2 Å². The summed E-state index contributed by atoms with van der Waals surface area (Å²) in [5.41, 5.74) is 1.92. The van der Waals surface area contributed by atoms with Crippen LogP contribution in [0, 0.1) is 12.7 Å². The Balaban J connectivity index is 1.72. The maximum absolute atomic E-state index is 13.1. The zero-order valence-corrected chi connectivity index (χ0v) is 13.6. The molecule has 1 aromatic heterocycles. The zero-order chi connectivity index (χ0) is 17.1. The molecule has 1 N–H and O–H groups in total. The van der Waals surface area contributed by atoms with Crippen LogP contribution < -0.4 is 5.32 Å². The van der Waals surface area contributed by atoms with E-state index >= 15 is 0 Å². The summed E-state index contributed by atoms with van der Waals surface area (Å²) in [5, 5.41) is 2.61. The molecule has 3 aromatic rings. The van der Waals surface area contributed by atoms with E-state index in [-0.39, 0.29) is 17.4 Å². The van der Waals surface area contributed by atoms with Crippen molar-refractivity contribution < 1.29 is 13.6 Å². The highest BCUT2D eigenvalue weighted by Crippen LogP contribution is 2.23. The molecule has 0 radical (unpaired) electrons. The fraction of sp³-hybridized carbons (Fsp3) is 0.111. The summed E-state index contributed by atoms with van der Waals surface area (Å²) in [6, 6.07) is 13.5. The van der Waals surface area contributed by atoms with Gasteiger partial charge in [-0.25, -0.2) is 9.37 Å². The van der Waals surface area contributed by atoms with Crippen molar-refractivity contribution in [1.82, 2.24) is 4.98 Å². The number of anilines is 1. The van der Waals surface area contributed by atoms with Crippen LogP contribution in [0.4, 0.5) is 10.1 Å². The number of nitrogens with zero attached hydrogens (tertiary/aromatic N) is 1. The number of benzene rings is 2. The minimum atomic E-state index is -0.534. The largest absolute Gasteiger partial charge is 0.440 e. The third-order valence-corrected chi connectivity index (χ3v) is 3.73. The van der Waals surface area contributed by atoms with E-state index in [1.807, 2.05) is 30.3 Å². The van der Waals surface area contributed by atoms with E-state index in [0.29, 0.717) is 23.0 Å². The molecule has 0 saturated heterocycles. The van der Waals surface area contributed by atoms with Crippen molar-refractivity contribution in [2.45, 2.75) is 13.3 Å². The number of nitrogens with one attached hydrogen (secondary N) is 1. The predicted octanol–water partition coefficient (Wildman–Crippen LogP) is 4.62. The van der Waals surface area contributed by atoms with Crippen molar-refractivity contribution in [2.75, 3.05) is 5.32 Å². The number of halogens is 2. The summed E-state index contributed by atoms with van der Waals surface area (Å²) < 4.78 is 18.8. The summed E-state index contributed by atoms with van der Waals surface area (Å²) in [5.74, 6) is 0.130. The lowest BCUT2D eigenvalue weighted by Crippen LogP contribution is -2.14. The van der Waals surface area contributed by atoms with Gasteiger partial charge in [0.1, 0.15) is 11.6 Å². The number of carbonyl (C=O) groups is 1. The molecular weight excluding hydrogens is 331 g/mol. The van der Waals surface area contributed by atoms with Gasteiger partial charge in [0.2, 0.25) is 11.8 Å². The molecule has 0 atom stereocenters. The second kappa shape index (κ2) is 6.84. The molecule has 0 aliphatic rings. The van der Waals surface area contributed by atoms with E-state index in [4.69, 9.17) is 16.0 Å². The molecule has 0 aliphatic carbocycles. The second-order valence-corrected chi connectivity index (χ2v) is 5.65. The van der Waals surface area contributed by atoms with Crippen LogP contribution in [-0.4, -0.2) is 10.9 Å². The number of hydrogen-bond donors (Lipinski definition) is 1. The van der Waals surface area contributed by atoms with Crippen LogP contribution >= 0.6 is 11.6 Å². The van der Waals surface area contributed by atoms with E-state index in [2.05, 4.69) is 10.3 Å². The van der Waals surface area contributed by atoms with E-state index in [0.717, 1.165) is 5.56 Å². The Hall–Kier alpha value is -2.66. The lowest BCUT2D eigenvalue weighted by molar-refractivity contribution is -0.115. The van der Waals surface area contributed by atoms with Gasteiger partial charge in [-0.15, -0.1) is 0 Å². The van der Waals surface area contributed by atoms with Gasteiger partial charge in [-0.2, -0.15) is 0 Å². The number of carbonyl (C=O) groups excluding carboxylic acids is 1. The van der Waals surface area contributed by atoms with Gasteiger partial charge in [-0.1, -0.05) is 29.8 Å². The second-order valence-electron chi connectivity index (χ2n) is 5.25. The smallest absolute Gasteiger partial charge is 0.232 e. The van der Waals surface area contributed by atoms with Gasteiger partial charge in [0, 0.05) is 11.3 Å². The Kier molecular flexibility index (Phi) is 4.62. The number of aromatic nitrogens is 1. The number of aryl methyl sites for hydroxylation is 1. The molecule has 24 heavy (non-hydrogen) atoms. The Morgan fingerprint density at radius 1 is 1.25 bits per heavy atom. The van der Waals surface area contributed by atoms with Gasteiger partial charge in [-0.05, 0) is 37.3 Å². The number of amides is 1. The first-order valence-electron chi connectivity index (χ1n) is 7.29.